The van der Waals surface area contributed by atoms with Gasteiger partial charge in [0, 0.05) is 16.7 Å². The maximum atomic E-state index is 11.6. The summed E-state index contributed by atoms with van der Waals surface area (Å²) in [5, 5.41) is 11.5. The summed E-state index contributed by atoms with van der Waals surface area (Å²) in [5.74, 6) is -0.0888. The van der Waals surface area contributed by atoms with Crippen molar-refractivity contribution in [3.05, 3.63) is 28.7 Å². The topological polar surface area (TPSA) is 52.6 Å². The number of anilines is 1. The maximum Gasteiger partial charge on any atom is 0.238 e. The van der Waals surface area contributed by atoms with Gasteiger partial charge in [-0.2, -0.15) is 0 Å². The van der Waals surface area contributed by atoms with Crippen molar-refractivity contribution in [2.24, 2.45) is 0 Å². The molecule has 0 heterocycles. The average molecular weight is 287 g/mol. The predicted octanol–water partition coefficient (Wildman–Crippen LogP) is 1.31. The largest absolute Gasteiger partial charge is 0.395 e. The van der Waals surface area contributed by atoms with Crippen molar-refractivity contribution in [2.45, 2.75) is 0 Å². The number of hydrogen-bond donors (Lipinski definition) is 2. The molecular formula is C11H15BrN2O2. The number of benzene rings is 1. The van der Waals surface area contributed by atoms with E-state index in [-0.39, 0.29) is 19.1 Å². The van der Waals surface area contributed by atoms with Crippen LogP contribution in [0.5, 0.6) is 0 Å². The minimum Gasteiger partial charge on any atom is -0.395 e. The van der Waals surface area contributed by atoms with Crippen LogP contribution in [0.25, 0.3) is 0 Å². The monoisotopic (exact) mass is 286 g/mol. The third kappa shape index (κ3) is 4.74. The molecule has 1 rings (SSSR count). The number of halogens is 1. The van der Waals surface area contributed by atoms with Crippen molar-refractivity contribution >= 4 is 27.5 Å². The molecule has 0 aliphatic rings. The second kappa shape index (κ2) is 6.62. The van der Waals surface area contributed by atoms with E-state index < -0.39 is 0 Å². The summed E-state index contributed by atoms with van der Waals surface area (Å²) in [6.45, 7) is 0.819. The van der Waals surface area contributed by atoms with Crippen molar-refractivity contribution in [2.75, 3.05) is 32.1 Å². The Kier molecular flexibility index (Phi) is 5.45. The van der Waals surface area contributed by atoms with Crippen LogP contribution in [-0.4, -0.2) is 42.7 Å². The van der Waals surface area contributed by atoms with Crippen LogP contribution in [0.4, 0.5) is 5.69 Å². The molecule has 0 aromatic heterocycles. The molecule has 88 valence electrons. The third-order valence-corrected chi connectivity index (χ3v) is 2.50. The first-order valence-electron chi connectivity index (χ1n) is 4.96. The number of hydrogen-bond acceptors (Lipinski definition) is 3. The van der Waals surface area contributed by atoms with Gasteiger partial charge in [-0.25, -0.2) is 0 Å². The van der Waals surface area contributed by atoms with Crippen LogP contribution >= 0.6 is 15.9 Å². The zero-order valence-electron chi connectivity index (χ0n) is 9.11. The average Bonchev–Trinajstić information content (AvgIpc) is 2.17. The molecule has 1 amide bonds. The van der Waals surface area contributed by atoms with Crippen LogP contribution < -0.4 is 5.32 Å². The van der Waals surface area contributed by atoms with Gasteiger partial charge in [-0.15, -0.1) is 0 Å². The molecule has 0 bridgehead atoms. The van der Waals surface area contributed by atoms with E-state index in [0.717, 1.165) is 10.2 Å². The Balaban J connectivity index is 2.45. The van der Waals surface area contributed by atoms with Crippen LogP contribution in [0.1, 0.15) is 0 Å². The molecule has 1 aromatic rings. The van der Waals surface area contributed by atoms with Gasteiger partial charge in [0.25, 0.3) is 0 Å². The van der Waals surface area contributed by atoms with Crippen molar-refractivity contribution in [3.63, 3.8) is 0 Å². The molecule has 0 aliphatic carbocycles. The fourth-order valence-corrected chi connectivity index (χ4v) is 1.66. The Labute approximate surface area is 103 Å². The summed E-state index contributed by atoms with van der Waals surface area (Å²) in [5.41, 5.74) is 0.761. The van der Waals surface area contributed by atoms with Crippen molar-refractivity contribution < 1.29 is 9.90 Å². The summed E-state index contributed by atoms with van der Waals surface area (Å²) < 4.78 is 0.925. The lowest BCUT2D eigenvalue weighted by molar-refractivity contribution is -0.117. The molecule has 0 spiro atoms. The Bertz CT molecular complexity index is 358. The second-order valence-corrected chi connectivity index (χ2v) is 4.44. The zero-order chi connectivity index (χ0) is 12.0. The quantitative estimate of drug-likeness (QED) is 0.858. The van der Waals surface area contributed by atoms with E-state index in [0.29, 0.717) is 6.54 Å². The highest BCUT2D eigenvalue weighted by molar-refractivity contribution is 9.10. The standard InChI is InChI=1S/C11H15BrN2O2/c1-14(5-6-15)8-11(16)13-10-4-2-3-9(12)7-10/h2-4,7,15H,5-6,8H2,1H3,(H,13,16). The normalized spacial score (nSPS) is 10.5. The van der Waals surface area contributed by atoms with E-state index in [2.05, 4.69) is 21.2 Å². The SMILES string of the molecule is CN(CCO)CC(=O)Nc1cccc(Br)c1. The molecule has 4 nitrogen and oxygen atoms in total. The fourth-order valence-electron chi connectivity index (χ4n) is 1.26. The Morgan fingerprint density at radius 1 is 1.56 bits per heavy atom. The predicted molar refractivity (Wildman–Crippen MR) is 67.4 cm³/mol. The molecule has 5 heteroatoms. The third-order valence-electron chi connectivity index (χ3n) is 2.00. The Morgan fingerprint density at radius 2 is 2.31 bits per heavy atom. The summed E-state index contributed by atoms with van der Waals surface area (Å²) in [6.07, 6.45) is 0. The van der Waals surface area contributed by atoms with Crippen LogP contribution in [-0.2, 0) is 4.79 Å². The van der Waals surface area contributed by atoms with Crippen LogP contribution in [0.2, 0.25) is 0 Å². The number of nitrogens with zero attached hydrogens (tertiary/aromatic N) is 1. The van der Waals surface area contributed by atoms with Gasteiger partial charge in [-0.3, -0.25) is 9.69 Å². The highest BCUT2D eigenvalue weighted by Gasteiger charge is 2.06. The number of amides is 1. The number of aliphatic hydroxyl groups excluding tert-OH is 1. The first kappa shape index (κ1) is 13.2. The molecule has 0 unspecified atom stereocenters. The van der Waals surface area contributed by atoms with Gasteiger partial charge in [0.15, 0.2) is 0 Å². The van der Waals surface area contributed by atoms with Gasteiger partial charge < -0.3 is 10.4 Å². The molecule has 0 fully saturated rings. The van der Waals surface area contributed by atoms with Crippen molar-refractivity contribution in [3.8, 4) is 0 Å². The molecule has 1 aromatic carbocycles. The van der Waals surface area contributed by atoms with Crippen LogP contribution in [0, 0.1) is 0 Å². The fraction of sp³-hybridized carbons (Fsp3) is 0.364. The Morgan fingerprint density at radius 3 is 2.94 bits per heavy atom. The molecule has 16 heavy (non-hydrogen) atoms. The first-order chi connectivity index (χ1) is 7.61. The van der Waals surface area contributed by atoms with Gasteiger partial charge in [-0.05, 0) is 25.2 Å². The lowest BCUT2D eigenvalue weighted by Crippen LogP contribution is -2.32. The molecule has 0 radical (unpaired) electrons. The van der Waals surface area contributed by atoms with E-state index in [4.69, 9.17) is 5.11 Å². The molecular weight excluding hydrogens is 272 g/mol. The number of rotatable bonds is 5. The molecule has 0 saturated heterocycles. The van der Waals surface area contributed by atoms with Gasteiger partial charge >= 0.3 is 0 Å². The summed E-state index contributed by atoms with van der Waals surface area (Å²) >= 11 is 3.33. The first-order valence-corrected chi connectivity index (χ1v) is 5.76. The lowest BCUT2D eigenvalue weighted by Gasteiger charge is -2.14. The minimum atomic E-state index is -0.0888. The molecule has 0 atom stereocenters. The number of carbonyl (C=O) groups is 1. The molecule has 0 saturated carbocycles. The summed E-state index contributed by atoms with van der Waals surface area (Å²) in [7, 11) is 1.79. The maximum absolute atomic E-state index is 11.6. The summed E-state index contributed by atoms with van der Waals surface area (Å²) in [6, 6.07) is 7.42. The van der Waals surface area contributed by atoms with E-state index in [1.807, 2.05) is 24.3 Å². The number of likely N-dealkylation sites (N-methyl/N-ethyl adjacent to an activating group) is 1. The van der Waals surface area contributed by atoms with Crippen molar-refractivity contribution in [1.82, 2.24) is 4.90 Å². The van der Waals surface area contributed by atoms with Crippen LogP contribution in [0.3, 0.4) is 0 Å². The molecule has 2 N–H and O–H groups in total. The number of carbonyl (C=O) groups excluding carboxylic acids is 1. The smallest absolute Gasteiger partial charge is 0.238 e. The van der Waals surface area contributed by atoms with Gasteiger partial charge in [0.05, 0.1) is 13.2 Å². The van der Waals surface area contributed by atoms with E-state index in [9.17, 15) is 4.79 Å². The highest BCUT2D eigenvalue weighted by Crippen LogP contribution is 2.15. The van der Waals surface area contributed by atoms with E-state index >= 15 is 0 Å². The van der Waals surface area contributed by atoms with Crippen LogP contribution in [0.15, 0.2) is 28.7 Å². The van der Waals surface area contributed by atoms with Gasteiger partial charge in [0.2, 0.25) is 5.91 Å². The zero-order valence-corrected chi connectivity index (χ0v) is 10.7. The van der Waals surface area contributed by atoms with Crippen molar-refractivity contribution in [1.29, 1.82) is 0 Å². The highest BCUT2D eigenvalue weighted by atomic mass is 79.9. The second-order valence-electron chi connectivity index (χ2n) is 3.52. The lowest BCUT2D eigenvalue weighted by atomic mass is 10.3. The van der Waals surface area contributed by atoms with Gasteiger partial charge in [-0.1, -0.05) is 22.0 Å². The number of aliphatic hydroxyl groups is 1. The molecule has 0 aliphatic heterocycles. The Hall–Kier alpha value is -0.910. The minimum absolute atomic E-state index is 0.0562. The van der Waals surface area contributed by atoms with E-state index in [1.54, 1.807) is 11.9 Å². The summed E-state index contributed by atoms with van der Waals surface area (Å²) in [4.78, 5) is 13.3. The number of nitrogens with one attached hydrogen (secondary N) is 1. The van der Waals surface area contributed by atoms with Gasteiger partial charge in [0.1, 0.15) is 0 Å². The van der Waals surface area contributed by atoms with E-state index in [1.165, 1.54) is 0 Å².